The van der Waals surface area contributed by atoms with Crippen LogP contribution in [0.3, 0.4) is 0 Å². The molecule has 1 heterocycles. The van der Waals surface area contributed by atoms with Crippen LogP contribution in [-0.4, -0.2) is 28.0 Å². The number of hydrogen-bond acceptors (Lipinski definition) is 4. The van der Waals surface area contributed by atoms with Crippen molar-refractivity contribution >= 4 is 11.9 Å². The van der Waals surface area contributed by atoms with Crippen molar-refractivity contribution in [2.45, 2.75) is 38.8 Å². The minimum atomic E-state index is -1.01. The zero-order valence-electron chi connectivity index (χ0n) is 14.1. The van der Waals surface area contributed by atoms with Crippen LogP contribution in [0, 0.1) is 0 Å². The van der Waals surface area contributed by atoms with E-state index < -0.39 is 12.0 Å². The van der Waals surface area contributed by atoms with E-state index in [-0.39, 0.29) is 12.3 Å². The summed E-state index contributed by atoms with van der Waals surface area (Å²) in [4.78, 5) is 27.2. The lowest BCUT2D eigenvalue weighted by Crippen LogP contribution is -2.41. The predicted octanol–water partition coefficient (Wildman–Crippen LogP) is 2.57. The molecule has 1 atom stereocenters. The van der Waals surface area contributed by atoms with Crippen molar-refractivity contribution in [3.8, 4) is 5.75 Å². The predicted molar refractivity (Wildman–Crippen MR) is 93.2 cm³/mol. The highest BCUT2D eigenvalue weighted by Gasteiger charge is 2.18. The topological polar surface area (TPSA) is 88.5 Å². The summed E-state index contributed by atoms with van der Waals surface area (Å²) in [5, 5.41) is 11.6. The third kappa shape index (κ3) is 6.25. The van der Waals surface area contributed by atoms with Gasteiger partial charge in [0.15, 0.2) is 0 Å². The van der Waals surface area contributed by atoms with Gasteiger partial charge in [-0.15, -0.1) is 0 Å². The van der Waals surface area contributed by atoms with Crippen LogP contribution >= 0.6 is 0 Å². The number of nitrogens with one attached hydrogen (secondary N) is 1. The largest absolute Gasteiger partial charge is 0.487 e. The average molecular weight is 342 g/mol. The molecule has 0 aliphatic carbocycles. The number of carboxylic acids is 1. The molecular formula is C19H22N2O4. The Kier molecular flexibility index (Phi) is 6.95. The van der Waals surface area contributed by atoms with Gasteiger partial charge in [0.05, 0.1) is 12.1 Å². The van der Waals surface area contributed by atoms with Gasteiger partial charge in [-0.3, -0.25) is 9.78 Å². The summed E-state index contributed by atoms with van der Waals surface area (Å²) in [5.74, 6) is -0.624. The van der Waals surface area contributed by atoms with Gasteiger partial charge in [-0.2, -0.15) is 0 Å². The third-order valence-electron chi connectivity index (χ3n) is 3.61. The second-order valence-corrected chi connectivity index (χ2v) is 5.68. The quantitative estimate of drug-likeness (QED) is 0.731. The van der Waals surface area contributed by atoms with Crippen molar-refractivity contribution < 1.29 is 19.4 Å². The van der Waals surface area contributed by atoms with Gasteiger partial charge in [0.25, 0.3) is 0 Å². The summed E-state index contributed by atoms with van der Waals surface area (Å²) in [6, 6.07) is 12.0. The Bertz CT molecular complexity index is 686. The first-order valence-electron chi connectivity index (χ1n) is 8.22. The molecule has 25 heavy (non-hydrogen) atoms. The Morgan fingerprint density at radius 3 is 2.56 bits per heavy atom. The molecule has 0 radical (unpaired) electrons. The maximum absolute atomic E-state index is 12.0. The zero-order chi connectivity index (χ0) is 18.1. The van der Waals surface area contributed by atoms with Gasteiger partial charge in [0.2, 0.25) is 5.91 Å². The van der Waals surface area contributed by atoms with Crippen LogP contribution in [-0.2, 0) is 22.6 Å². The number of carbonyl (C=O) groups is 2. The van der Waals surface area contributed by atoms with E-state index in [1.807, 2.05) is 25.1 Å². The van der Waals surface area contributed by atoms with Crippen LogP contribution in [0.15, 0.2) is 48.7 Å². The molecule has 132 valence electrons. The molecule has 6 nitrogen and oxygen atoms in total. The highest BCUT2D eigenvalue weighted by molar-refractivity contribution is 5.84. The average Bonchev–Trinajstić information content (AvgIpc) is 2.61. The zero-order valence-corrected chi connectivity index (χ0v) is 14.1. The number of aliphatic carboxylic acids is 1. The fourth-order valence-electron chi connectivity index (χ4n) is 2.32. The molecule has 6 heteroatoms. The molecule has 1 aromatic heterocycles. The van der Waals surface area contributed by atoms with E-state index in [1.165, 1.54) is 0 Å². The van der Waals surface area contributed by atoms with E-state index in [9.17, 15) is 9.59 Å². The summed E-state index contributed by atoms with van der Waals surface area (Å²) < 4.78 is 5.64. The van der Waals surface area contributed by atoms with Crippen molar-refractivity contribution in [3.63, 3.8) is 0 Å². The van der Waals surface area contributed by atoms with Crippen LogP contribution in [0.5, 0.6) is 5.75 Å². The molecule has 0 saturated heterocycles. The molecule has 2 aromatic rings. The van der Waals surface area contributed by atoms with E-state index in [1.54, 1.807) is 30.5 Å². The van der Waals surface area contributed by atoms with Gasteiger partial charge < -0.3 is 15.2 Å². The number of carboxylic acid groups (broad SMARTS) is 1. The molecule has 0 bridgehead atoms. The maximum atomic E-state index is 12.0. The highest BCUT2D eigenvalue weighted by Crippen LogP contribution is 2.14. The lowest BCUT2D eigenvalue weighted by molar-refractivity contribution is -0.141. The Morgan fingerprint density at radius 1 is 1.20 bits per heavy atom. The van der Waals surface area contributed by atoms with Crippen LogP contribution in [0.2, 0.25) is 0 Å². The number of pyridine rings is 1. The monoisotopic (exact) mass is 342 g/mol. The second-order valence-electron chi connectivity index (χ2n) is 5.68. The van der Waals surface area contributed by atoms with Crippen molar-refractivity contribution in [1.82, 2.24) is 10.3 Å². The van der Waals surface area contributed by atoms with E-state index in [4.69, 9.17) is 9.84 Å². The third-order valence-corrected chi connectivity index (χ3v) is 3.61. The molecule has 0 fully saturated rings. The van der Waals surface area contributed by atoms with Crippen molar-refractivity contribution in [1.29, 1.82) is 0 Å². The molecule has 1 unspecified atom stereocenters. The number of benzene rings is 1. The Balaban J connectivity index is 1.85. The van der Waals surface area contributed by atoms with Gasteiger partial charge in [-0.1, -0.05) is 31.5 Å². The van der Waals surface area contributed by atoms with E-state index >= 15 is 0 Å². The maximum Gasteiger partial charge on any atom is 0.326 e. The van der Waals surface area contributed by atoms with Gasteiger partial charge in [0.1, 0.15) is 18.4 Å². The summed E-state index contributed by atoms with van der Waals surface area (Å²) in [6.07, 6.45) is 2.96. The lowest BCUT2D eigenvalue weighted by Gasteiger charge is -2.13. The second kappa shape index (κ2) is 9.42. The van der Waals surface area contributed by atoms with Crippen LogP contribution < -0.4 is 10.1 Å². The molecular weight excluding hydrogens is 320 g/mol. The van der Waals surface area contributed by atoms with Gasteiger partial charge in [0, 0.05) is 6.20 Å². The van der Waals surface area contributed by atoms with Crippen LogP contribution in [0.1, 0.15) is 31.0 Å². The van der Waals surface area contributed by atoms with Gasteiger partial charge >= 0.3 is 5.97 Å². The Morgan fingerprint density at radius 2 is 1.96 bits per heavy atom. The number of ether oxygens (including phenoxy) is 1. The molecule has 0 aliphatic heterocycles. The van der Waals surface area contributed by atoms with Crippen LogP contribution in [0.4, 0.5) is 0 Å². The van der Waals surface area contributed by atoms with Crippen molar-refractivity contribution in [3.05, 3.63) is 59.9 Å². The molecule has 0 saturated carbocycles. The van der Waals surface area contributed by atoms with E-state index in [0.29, 0.717) is 25.2 Å². The molecule has 1 amide bonds. The molecule has 0 spiro atoms. The van der Waals surface area contributed by atoms with Gasteiger partial charge in [-0.05, 0) is 36.2 Å². The first-order chi connectivity index (χ1) is 12.1. The molecule has 1 aromatic carbocycles. The first-order valence-corrected chi connectivity index (χ1v) is 8.22. The highest BCUT2D eigenvalue weighted by atomic mass is 16.5. The fourth-order valence-corrected chi connectivity index (χ4v) is 2.32. The lowest BCUT2D eigenvalue weighted by atomic mass is 10.1. The Labute approximate surface area is 146 Å². The number of rotatable bonds is 9. The number of nitrogens with zero attached hydrogens (tertiary/aromatic N) is 1. The summed E-state index contributed by atoms with van der Waals surface area (Å²) in [6.45, 7) is 2.25. The van der Waals surface area contributed by atoms with Crippen molar-refractivity contribution in [2.24, 2.45) is 0 Å². The number of amides is 1. The SMILES string of the molecule is CCCC(NC(=O)Cc1ccc(OCc2ccccn2)cc1)C(=O)O. The molecule has 0 aliphatic rings. The van der Waals surface area contributed by atoms with Gasteiger partial charge in [-0.25, -0.2) is 4.79 Å². The summed E-state index contributed by atoms with van der Waals surface area (Å²) in [5.41, 5.74) is 1.63. The minimum Gasteiger partial charge on any atom is -0.487 e. The number of aromatic nitrogens is 1. The normalized spacial score (nSPS) is 11.6. The minimum absolute atomic E-state index is 0.133. The smallest absolute Gasteiger partial charge is 0.326 e. The summed E-state index contributed by atoms with van der Waals surface area (Å²) in [7, 11) is 0. The standard InChI is InChI=1S/C19H22N2O4/c1-2-5-17(19(23)24)21-18(22)12-14-7-9-16(10-8-14)25-13-15-6-3-4-11-20-15/h3-4,6-11,17H,2,5,12-13H2,1H3,(H,21,22)(H,23,24). The number of carbonyl (C=O) groups excluding carboxylic acids is 1. The Hall–Kier alpha value is -2.89. The van der Waals surface area contributed by atoms with Crippen LogP contribution in [0.25, 0.3) is 0 Å². The molecule has 2 N–H and O–H groups in total. The number of hydrogen-bond donors (Lipinski definition) is 2. The van der Waals surface area contributed by atoms with E-state index in [2.05, 4.69) is 10.3 Å². The summed E-state index contributed by atoms with van der Waals surface area (Å²) >= 11 is 0. The van der Waals surface area contributed by atoms with Crippen molar-refractivity contribution in [2.75, 3.05) is 0 Å². The van der Waals surface area contributed by atoms with E-state index in [0.717, 1.165) is 11.3 Å². The fraction of sp³-hybridized carbons (Fsp3) is 0.316. The molecule has 2 rings (SSSR count). The first kappa shape index (κ1) is 18.4.